The zero-order valence-electron chi connectivity index (χ0n) is 12.0. The zero-order chi connectivity index (χ0) is 16.7. The van der Waals surface area contributed by atoms with Gasteiger partial charge in [0.15, 0.2) is 0 Å². The first kappa shape index (κ1) is 17.1. The number of nitriles is 1. The Morgan fingerprint density at radius 1 is 1.26 bits per heavy atom. The fourth-order valence-corrected chi connectivity index (χ4v) is 2.71. The first-order chi connectivity index (χ1) is 11.1. The van der Waals surface area contributed by atoms with Crippen LogP contribution in [0.4, 0.5) is 15.8 Å². The number of amides is 1. The third-order valence-electron chi connectivity index (χ3n) is 2.82. The van der Waals surface area contributed by atoms with Crippen molar-refractivity contribution < 1.29 is 9.18 Å². The van der Waals surface area contributed by atoms with Crippen LogP contribution in [-0.2, 0) is 4.79 Å². The van der Waals surface area contributed by atoms with Crippen molar-refractivity contribution in [3.05, 3.63) is 53.3 Å². The van der Waals surface area contributed by atoms with Gasteiger partial charge in [0, 0.05) is 4.90 Å². The zero-order valence-corrected chi connectivity index (χ0v) is 13.5. The van der Waals surface area contributed by atoms with Crippen LogP contribution in [0.1, 0.15) is 0 Å². The highest BCUT2D eigenvalue weighted by Gasteiger charge is 2.08. The van der Waals surface area contributed by atoms with E-state index < -0.39 is 5.82 Å². The normalized spacial score (nSPS) is 9.96. The van der Waals surface area contributed by atoms with E-state index in [0.29, 0.717) is 17.1 Å². The number of hydrogen-bond acceptors (Lipinski definition) is 4. The number of nitrogens with zero attached hydrogens (tertiary/aromatic N) is 1. The Labute approximate surface area is 142 Å². The van der Waals surface area contributed by atoms with Crippen LogP contribution < -0.4 is 10.6 Å². The van der Waals surface area contributed by atoms with Crippen molar-refractivity contribution in [1.82, 2.24) is 0 Å². The number of halogens is 2. The standard InChI is InChI=1S/C16H13ClFN3OS/c17-12-9-11(18)5-6-13(12)20-10-16(22)21-14-3-1-2-4-15(14)23-8-7-19/h1-6,9,20H,8,10H2,(H,21,22). The number of thioether (sulfide) groups is 1. The van der Waals surface area contributed by atoms with E-state index in [2.05, 4.69) is 10.6 Å². The third-order valence-corrected chi connectivity index (χ3v) is 4.08. The molecule has 0 unspecified atom stereocenters. The van der Waals surface area contributed by atoms with Gasteiger partial charge in [0.05, 0.1) is 34.8 Å². The smallest absolute Gasteiger partial charge is 0.243 e. The first-order valence-corrected chi connectivity index (χ1v) is 8.04. The highest BCUT2D eigenvalue weighted by Crippen LogP contribution is 2.26. The van der Waals surface area contributed by atoms with Gasteiger partial charge in [-0.25, -0.2) is 4.39 Å². The molecule has 0 aliphatic carbocycles. The summed E-state index contributed by atoms with van der Waals surface area (Å²) >= 11 is 7.24. The molecule has 0 heterocycles. The molecule has 0 saturated carbocycles. The van der Waals surface area contributed by atoms with Crippen LogP contribution in [0.25, 0.3) is 0 Å². The Bertz CT molecular complexity index is 748. The van der Waals surface area contributed by atoms with Crippen LogP contribution in [0.2, 0.25) is 5.02 Å². The topological polar surface area (TPSA) is 64.9 Å². The Morgan fingerprint density at radius 3 is 2.78 bits per heavy atom. The van der Waals surface area contributed by atoms with Crippen LogP contribution >= 0.6 is 23.4 Å². The minimum atomic E-state index is -0.437. The summed E-state index contributed by atoms with van der Waals surface area (Å²) in [5.41, 5.74) is 1.13. The van der Waals surface area contributed by atoms with Crippen molar-refractivity contribution in [3.63, 3.8) is 0 Å². The molecular formula is C16H13ClFN3OS. The fourth-order valence-electron chi connectivity index (χ4n) is 1.81. The number of anilines is 2. The van der Waals surface area contributed by atoms with E-state index >= 15 is 0 Å². The van der Waals surface area contributed by atoms with Gasteiger partial charge in [-0.15, -0.1) is 11.8 Å². The molecule has 2 N–H and O–H groups in total. The fraction of sp³-hybridized carbons (Fsp3) is 0.125. The molecule has 0 atom stereocenters. The van der Waals surface area contributed by atoms with E-state index in [4.69, 9.17) is 16.9 Å². The van der Waals surface area contributed by atoms with Gasteiger partial charge in [0.1, 0.15) is 5.82 Å². The van der Waals surface area contributed by atoms with Crippen molar-refractivity contribution >= 4 is 40.6 Å². The summed E-state index contributed by atoms with van der Waals surface area (Å²) in [6.07, 6.45) is 0. The summed E-state index contributed by atoms with van der Waals surface area (Å²) < 4.78 is 13.0. The molecule has 0 aliphatic heterocycles. The molecule has 118 valence electrons. The maximum atomic E-state index is 13.0. The minimum Gasteiger partial charge on any atom is -0.375 e. The summed E-state index contributed by atoms with van der Waals surface area (Å²) in [4.78, 5) is 12.8. The number of carbonyl (C=O) groups is 1. The lowest BCUT2D eigenvalue weighted by atomic mass is 10.3. The summed E-state index contributed by atoms with van der Waals surface area (Å²) in [7, 11) is 0. The second-order valence-electron chi connectivity index (χ2n) is 4.47. The molecule has 2 aromatic rings. The molecule has 7 heteroatoms. The molecule has 0 aromatic heterocycles. The van der Waals surface area contributed by atoms with Crippen LogP contribution in [0.5, 0.6) is 0 Å². The number of carbonyl (C=O) groups excluding carboxylic acids is 1. The molecular weight excluding hydrogens is 337 g/mol. The lowest BCUT2D eigenvalue weighted by molar-refractivity contribution is -0.114. The molecule has 0 saturated heterocycles. The molecule has 0 bridgehead atoms. The van der Waals surface area contributed by atoms with Crippen LogP contribution in [0.3, 0.4) is 0 Å². The predicted octanol–water partition coefficient (Wildman–Crippen LogP) is 4.15. The van der Waals surface area contributed by atoms with E-state index in [1.54, 1.807) is 12.1 Å². The highest BCUT2D eigenvalue weighted by molar-refractivity contribution is 7.99. The summed E-state index contributed by atoms with van der Waals surface area (Å²) in [6, 6.07) is 13.2. The van der Waals surface area contributed by atoms with Crippen molar-refractivity contribution in [2.45, 2.75) is 4.90 Å². The second-order valence-corrected chi connectivity index (χ2v) is 5.89. The average molecular weight is 350 g/mol. The van der Waals surface area contributed by atoms with Crippen LogP contribution in [0, 0.1) is 17.1 Å². The van der Waals surface area contributed by atoms with Gasteiger partial charge in [-0.05, 0) is 30.3 Å². The lowest BCUT2D eigenvalue weighted by Crippen LogP contribution is -2.22. The molecule has 1 amide bonds. The van der Waals surface area contributed by atoms with Gasteiger partial charge < -0.3 is 10.6 Å². The van der Waals surface area contributed by atoms with E-state index in [9.17, 15) is 9.18 Å². The van der Waals surface area contributed by atoms with Crippen LogP contribution in [-0.4, -0.2) is 18.2 Å². The van der Waals surface area contributed by atoms with Crippen molar-refractivity contribution in [3.8, 4) is 6.07 Å². The first-order valence-electron chi connectivity index (χ1n) is 6.67. The largest absolute Gasteiger partial charge is 0.375 e. The van der Waals surface area contributed by atoms with Crippen molar-refractivity contribution in [2.24, 2.45) is 0 Å². The van der Waals surface area contributed by atoms with Gasteiger partial charge in [0.2, 0.25) is 5.91 Å². The van der Waals surface area contributed by atoms with E-state index in [0.717, 1.165) is 4.90 Å². The number of nitrogens with one attached hydrogen (secondary N) is 2. The van der Waals surface area contributed by atoms with E-state index in [-0.39, 0.29) is 17.5 Å². The lowest BCUT2D eigenvalue weighted by Gasteiger charge is -2.11. The van der Waals surface area contributed by atoms with Crippen LogP contribution in [0.15, 0.2) is 47.4 Å². The third kappa shape index (κ3) is 5.16. The molecule has 2 aromatic carbocycles. The number of hydrogen-bond donors (Lipinski definition) is 2. The molecule has 0 spiro atoms. The second kappa shape index (κ2) is 8.42. The monoisotopic (exact) mass is 349 g/mol. The molecule has 4 nitrogen and oxygen atoms in total. The molecule has 0 radical (unpaired) electrons. The van der Waals surface area contributed by atoms with Crippen molar-refractivity contribution in [1.29, 1.82) is 5.26 Å². The highest BCUT2D eigenvalue weighted by atomic mass is 35.5. The van der Waals surface area contributed by atoms with Crippen molar-refractivity contribution in [2.75, 3.05) is 22.9 Å². The summed E-state index contributed by atoms with van der Waals surface area (Å²) in [5.74, 6) is -0.403. The maximum absolute atomic E-state index is 13.0. The van der Waals surface area contributed by atoms with Gasteiger partial charge in [-0.1, -0.05) is 23.7 Å². The molecule has 23 heavy (non-hydrogen) atoms. The number of benzene rings is 2. The van der Waals surface area contributed by atoms with Gasteiger partial charge in [-0.2, -0.15) is 5.26 Å². The number of rotatable bonds is 6. The molecule has 2 rings (SSSR count). The van der Waals surface area contributed by atoms with Gasteiger partial charge >= 0.3 is 0 Å². The molecule has 0 fully saturated rings. The Hall–Kier alpha value is -2.23. The minimum absolute atomic E-state index is 0.0113. The van der Waals surface area contributed by atoms with E-state index in [1.807, 2.05) is 18.2 Å². The summed E-state index contributed by atoms with van der Waals surface area (Å²) in [6.45, 7) is -0.0113. The Morgan fingerprint density at radius 2 is 2.04 bits per heavy atom. The number of para-hydroxylation sites is 1. The van der Waals surface area contributed by atoms with Gasteiger partial charge in [-0.3, -0.25) is 4.79 Å². The molecule has 0 aliphatic rings. The Balaban J connectivity index is 1.96. The predicted molar refractivity (Wildman–Crippen MR) is 91.3 cm³/mol. The van der Waals surface area contributed by atoms with E-state index in [1.165, 1.54) is 30.0 Å². The SMILES string of the molecule is N#CCSc1ccccc1NC(=O)CNc1ccc(F)cc1Cl. The average Bonchev–Trinajstić information content (AvgIpc) is 2.53. The Kier molecular flexibility index (Phi) is 6.27. The maximum Gasteiger partial charge on any atom is 0.243 e. The summed E-state index contributed by atoms with van der Waals surface area (Å²) in [5, 5.41) is 14.5. The van der Waals surface area contributed by atoms with Gasteiger partial charge in [0.25, 0.3) is 0 Å². The quantitative estimate of drug-likeness (QED) is 0.769.